The number of aliphatic carboxylic acids is 1. The van der Waals surface area contributed by atoms with Crippen molar-refractivity contribution >= 4 is 29.2 Å². The number of carboxylic acids is 1. The van der Waals surface area contributed by atoms with E-state index in [-0.39, 0.29) is 11.8 Å². The Bertz CT molecular complexity index is 618. The highest BCUT2D eigenvalue weighted by atomic mass is 16.4. The van der Waals surface area contributed by atoms with Crippen LogP contribution in [0.2, 0.25) is 0 Å². The molecule has 110 valence electrons. The largest absolute Gasteiger partial charge is 0.478 e. The molecule has 0 atom stereocenters. The van der Waals surface area contributed by atoms with E-state index in [1.807, 2.05) is 0 Å². The van der Waals surface area contributed by atoms with Crippen molar-refractivity contribution in [2.45, 2.75) is 19.8 Å². The van der Waals surface area contributed by atoms with Crippen molar-refractivity contribution in [3.63, 3.8) is 0 Å². The van der Waals surface area contributed by atoms with E-state index >= 15 is 0 Å². The summed E-state index contributed by atoms with van der Waals surface area (Å²) in [5, 5.41) is 13.9. The molecule has 0 saturated heterocycles. The van der Waals surface area contributed by atoms with E-state index in [0.717, 1.165) is 30.6 Å². The second-order valence-corrected chi connectivity index (χ2v) is 4.90. The predicted octanol–water partition coefficient (Wildman–Crippen LogP) is 1.92. The minimum Gasteiger partial charge on any atom is -0.478 e. The molecule has 0 heterocycles. The van der Waals surface area contributed by atoms with Gasteiger partial charge in [-0.05, 0) is 37.5 Å². The lowest BCUT2D eigenvalue weighted by molar-refractivity contribution is -0.131. The van der Waals surface area contributed by atoms with Gasteiger partial charge in [-0.2, -0.15) is 0 Å². The summed E-state index contributed by atoms with van der Waals surface area (Å²) in [5.41, 5.74) is 1.90. The van der Waals surface area contributed by atoms with Crippen molar-refractivity contribution in [3.8, 4) is 0 Å². The van der Waals surface area contributed by atoms with Gasteiger partial charge in [0.15, 0.2) is 0 Å². The van der Waals surface area contributed by atoms with E-state index in [4.69, 9.17) is 5.11 Å². The molecule has 1 aliphatic carbocycles. The number of carbonyl (C=O) groups is 3. The van der Waals surface area contributed by atoms with Gasteiger partial charge in [-0.25, -0.2) is 4.79 Å². The van der Waals surface area contributed by atoms with Gasteiger partial charge in [0.1, 0.15) is 0 Å². The molecule has 1 fully saturated rings. The molecule has 0 bridgehead atoms. The van der Waals surface area contributed by atoms with Crippen LogP contribution in [0, 0.1) is 12.8 Å². The zero-order chi connectivity index (χ0) is 15.4. The van der Waals surface area contributed by atoms with E-state index < -0.39 is 11.9 Å². The standard InChI is InChI=1S/C15H16N2O4/c1-9-11(16-13(18)7-8-14(19)20)3-2-4-12(9)17-15(21)10-5-6-10/h2-4,7-8,10H,5-6H2,1H3,(H,16,18)(H,17,21)(H,19,20)/b8-7+. The fraction of sp³-hybridized carbons (Fsp3) is 0.267. The van der Waals surface area contributed by atoms with Crippen molar-refractivity contribution in [3.05, 3.63) is 35.9 Å². The number of benzene rings is 1. The maximum Gasteiger partial charge on any atom is 0.328 e. The van der Waals surface area contributed by atoms with Crippen LogP contribution in [0.25, 0.3) is 0 Å². The SMILES string of the molecule is Cc1c(NC(=O)/C=C/C(=O)O)cccc1NC(=O)C1CC1. The van der Waals surface area contributed by atoms with Gasteiger partial charge in [-0.15, -0.1) is 0 Å². The van der Waals surface area contributed by atoms with Crippen LogP contribution in [-0.4, -0.2) is 22.9 Å². The summed E-state index contributed by atoms with van der Waals surface area (Å²) in [6.07, 6.45) is 3.54. The molecule has 0 unspecified atom stereocenters. The molecule has 6 heteroatoms. The summed E-state index contributed by atoms with van der Waals surface area (Å²) in [5.74, 6) is -1.63. The van der Waals surface area contributed by atoms with Gasteiger partial charge in [0, 0.05) is 29.4 Å². The summed E-state index contributed by atoms with van der Waals surface area (Å²) < 4.78 is 0. The summed E-state index contributed by atoms with van der Waals surface area (Å²) in [6.45, 7) is 1.78. The fourth-order valence-electron chi connectivity index (χ4n) is 1.81. The van der Waals surface area contributed by atoms with E-state index in [9.17, 15) is 14.4 Å². The molecule has 1 saturated carbocycles. The number of nitrogens with one attached hydrogen (secondary N) is 2. The van der Waals surface area contributed by atoms with Crippen LogP contribution in [-0.2, 0) is 14.4 Å². The first-order valence-electron chi connectivity index (χ1n) is 6.60. The van der Waals surface area contributed by atoms with Gasteiger partial charge in [-0.3, -0.25) is 9.59 Å². The van der Waals surface area contributed by atoms with Crippen LogP contribution >= 0.6 is 0 Å². The molecule has 2 rings (SSSR count). The Balaban J connectivity index is 2.07. The van der Waals surface area contributed by atoms with Crippen LogP contribution in [0.3, 0.4) is 0 Å². The van der Waals surface area contributed by atoms with E-state index in [0.29, 0.717) is 11.4 Å². The molecule has 3 N–H and O–H groups in total. The zero-order valence-electron chi connectivity index (χ0n) is 11.6. The Labute approximate surface area is 121 Å². The van der Waals surface area contributed by atoms with Crippen LogP contribution < -0.4 is 10.6 Å². The first-order valence-corrected chi connectivity index (χ1v) is 6.60. The highest BCUT2D eigenvalue weighted by Gasteiger charge is 2.29. The van der Waals surface area contributed by atoms with Crippen molar-refractivity contribution in [1.29, 1.82) is 0 Å². The van der Waals surface area contributed by atoms with E-state index in [1.165, 1.54) is 0 Å². The quantitative estimate of drug-likeness (QED) is 0.721. The van der Waals surface area contributed by atoms with Crippen molar-refractivity contribution in [1.82, 2.24) is 0 Å². The van der Waals surface area contributed by atoms with Gasteiger partial charge >= 0.3 is 5.97 Å². The van der Waals surface area contributed by atoms with Gasteiger partial charge in [0.25, 0.3) is 0 Å². The van der Waals surface area contributed by atoms with Crippen molar-refractivity contribution in [2.75, 3.05) is 10.6 Å². The maximum absolute atomic E-state index is 11.8. The van der Waals surface area contributed by atoms with Crippen LogP contribution in [0.4, 0.5) is 11.4 Å². The minimum absolute atomic E-state index is 0.00708. The minimum atomic E-state index is -1.19. The number of carbonyl (C=O) groups excluding carboxylic acids is 2. The summed E-state index contributed by atoms with van der Waals surface area (Å²) >= 11 is 0. The Hall–Kier alpha value is -2.63. The number of anilines is 2. The van der Waals surface area contributed by atoms with Gasteiger partial charge in [0.05, 0.1) is 0 Å². The molecule has 1 aliphatic rings. The number of hydrogen-bond acceptors (Lipinski definition) is 3. The Morgan fingerprint density at radius 3 is 2.33 bits per heavy atom. The Kier molecular flexibility index (Phi) is 4.37. The molecule has 21 heavy (non-hydrogen) atoms. The monoisotopic (exact) mass is 288 g/mol. The van der Waals surface area contributed by atoms with Gasteiger partial charge < -0.3 is 15.7 Å². The fourth-order valence-corrected chi connectivity index (χ4v) is 1.81. The van der Waals surface area contributed by atoms with Crippen LogP contribution in [0.5, 0.6) is 0 Å². The topological polar surface area (TPSA) is 95.5 Å². The molecule has 2 amide bonds. The van der Waals surface area contributed by atoms with E-state index in [2.05, 4.69) is 10.6 Å². The summed E-state index contributed by atoms with van der Waals surface area (Å²) in [7, 11) is 0. The maximum atomic E-state index is 11.8. The first kappa shape index (κ1) is 14.8. The van der Waals surface area contributed by atoms with Crippen molar-refractivity contribution < 1.29 is 19.5 Å². The van der Waals surface area contributed by atoms with Crippen molar-refractivity contribution in [2.24, 2.45) is 5.92 Å². The highest BCUT2D eigenvalue weighted by Crippen LogP contribution is 2.31. The average Bonchev–Trinajstić information content (AvgIpc) is 3.25. The van der Waals surface area contributed by atoms with Gasteiger partial charge in [0.2, 0.25) is 11.8 Å². The second kappa shape index (κ2) is 6.21. The van der Waals surface area contributed by atoms with Gasteiger partial charge in [-0.1, -0.05) is 6.07 Å². The Morgan fingerprint density at radius 1 is 1.14 bits per heavy atom. The molecular weight excluding hydrogens is 272 g/mol. The van der Waals surface area contributed by atoms with Crippen LogP contribution in [0.1, 0.15) is 18.4 Å². The van der Waals surface area contributed by atoms with Crippen LogP contribution in [0.15, 0.2) is 30.4 Å². The smallest absolute Gasteiger partial charge is 0.328 e. The summed E-state index contributed by atoms with van der Waals surface area (Å²) in [6, 6.07) is 5.17. The third-order valence-corrected chi connectivity index (χ3v) is 3.17. The average molecular weight is 288 g/mol. The zero-order valence-corrected chi connectivity index (χ0v) is 11.6. The lowest BCUT2D eigenvalue weighted by Gasteiger charge is -2.12. The number of amides is 2. The molecular formula is C15H16N2O4. The lowest BCUT2D eigenvalue weighted by Crippen LogP contribution is -2.15. The van der Waals surface area contributed by atoms with E-state index in [1.54, 1.807) is 25.1 Å². The highest BCUT2D eigenvalue weighted by molar-refractivity contribution is 6.03. The molecule has 0 spiro atoms. The molecule has 1 aromatic rings. The molecule has 6 nitrogen and oxygen atoms in total. The predicted molar refractivity (Wildman–Crippen MR) is 77.9 cm³/mol. The molecule has 0 aromatic heterocycles. The normalized spacial score (nSPS) is 14.0. The molecule has 0 aliphatic heterocycles. The third kappa shape index (κ3) is 4.17. The number of rotatable bonds is 5. The summed E-state index contributed by atoms with van der Waals surface area (Å²) in [4.78, 5) is 33.7. The molecule has 0 radical (unpaired) electrons. The lowest BCUT2D eigenvalue weighted by atomic mass is 10.1. The first-order chi connectivity index (χ1) is 9.97. The number of hydrogen-bond donors (Lipinski definition) is 3. The second-order valence-electron chi connectivity index (χ2n) is 4.90. The Morgan fingerprint density at radius 2 is 1.76 bits per heavy atom. The molecule has 1 aromatic carbocycles. The third-order valence-electron chi connectivity index (χ3n) is 3.17. The number of carboxylic acid groups (broad SMARTS) is 1.